The van der Waals surface area contributed by atoms with E-state index in [4.69, 9.17) is 0 Å². The minimum absolute atomic E-state index is 0.948. The first-order valence-corrected chi connectivity index (χ1v) is 7.63. The van der Waals surface area contributed by atoms with Gasteiger partial charge in [0.25, 0.3) is 0 Å². The molecular formula is C21H19B. The van der Waals surface area contributed by atoms with E-state index in [9.17, 15) is 0 Å². The molecule has 0 saturated heterocycles. The summed E-state index contributed by atoms with van der Waals surface area (Å²) in [6.07, 6.45) is 2.88. The summed E-state index contributed by atoms with van der Waals surface area (Å²) < 4.78 is 0. The van der Waals surface area contributed by atoms with Crippen molar-refractivity contribution in [3.8, 4) is 11.1 Å². The van der Waals surface area contributed by atoms with Crippen LogP contribution >= 0.6 is 0 Å². The van der Waals surface area contributed by atoms with Gasteiger partial charge in [0, 0.05) is 0 Å². The molecule has 0 atom stereocenters. The van der Waals surface area contributed by atoms with E-state index in [-0.39, 0.29) is 0 Å². The van der Waals surface area contributed by atoms with Gasteiger partial charge >= 0.3 is 0 Å². The summed E-state index contributed by atoms with van der Waals surface area (Å²) >= 11 is 0. The molecule has 0 saturated carbocycles. The van der Waals surface area contributed by atoms with Gasteiger partial charge in [0.1, 0.15) is 7.85 Å². The second-order valence-corrected chi connectivity index (χ2v) is 5.61. The molecule has 0 aliphatic carbocycles. The molecule has 3 aromatic carbocycles. The van der Waals surface area contributed by atoms with Gasteiger partial charge in [-0.15, -0.1) is 0 Å². The zero-order chi connectivity index (χ0) is 15.4. The van der Waals surface area contributed by atoms with Crippen LogP contribution in [0.25, 0.3) is 17.2 Å². The lowest BCUT2D eigenvalue weighted by Gasteiger charge is -2.12. The Balaban J connectivity index is 2.05. The maximum atomic E-state index is 3.94. The number of rotatable bonds is 4. The second kappa shape index (κ2) is 6.49. The van der Waals surface area contributed by atoms with E-state index in [1.165, 1.54) is 33.3 Å². The van der Waals surface area contributed by atoms with Crippen LogP contribution in [0.3, 0.4) is 0 Å². The summed E-state index contributed by atoms with van der Waals surface area (Å²) in [4.78, 5) is 0. The normalized spacial score (nSPS) is 10.4. The van der Waals surface area contributed by atoms with Gasteiger partial charge in [0.15, 0.2) is 0 Å². The average molecular weight is 282 g/mol. The van der Waals surface area contributed by atoms with Crippen LogP contribution < -0.4 is 5.46 Å². The lowest BCUT2D eigenvalue weighted by molar-refractivity contribution is 1.20. The van der Waals surface area contributed by atoms with Crippen LogP contribution in [-0.4, -0.2) is 7.85 Å². The van der Waals surface area contributed by atoms with Gasteiger partial charge in [-0.1, -0.05) is 90.9 Å². The highest BCUT2D eigenvalue weighted by molar-refractivity contribution is 6.32. The third kappa shape index (κ3) is 3.04. The van der Waals surface area contributed by atoms with Crippen LogP contribution in [0.1, 0.15) is 16.7 Å². The van der Waals surface area contributed by atoms with Crippen molar-refractivity contribution in [1.29, 1.82) is 0 Å². The third-order valence-electron chi connectivity index (χ3n) is 3.97. The van der Waals surface area contributed by atoms with Gasteiger partial charge in [-0.3, -0.25) is 0 Å². The van der Waals surface area contributed by atoms with E-state index >= 15 is 0 Å². The van der Waals surface area contributed by atoms with E-state index in [2.05, 4.69) is 87.2 Å². The Morgan fingerprint density at radius 3 is 2.32 bits per heavy atom. The Hall–Kier alpha value is -2.54. The van der Waals surface area contributed by atoms with Crippen molar-refractivity contribution in [2.45, 2.75) is 6.42 Å². The summed E-state index contributed by atoms with van der Waals surface area (Å²) in [5.74, 6) is 0. The van der Waals surface area contributed by atoms with Crippen LogP contribution in [0.5, 0.6) is 0 Å². The van der Waals surface area contributed by atoms with Crippen LogP contribution in [0.15, 0.2) is 79.4 Å². The Kier molecular flexibility index (Phi) is 4.25. The maximum absolute atomic E-state index is 3.94. The minimum Gasteiger partial charge on any atom is -0.0984 e. The minimum atomic E-state index is 0.948. The molecule has 1 heteroatoms. The molecule has 0 aliphatic rings. The van der Waals surface area contributed by atoms with Crippen molar-refractivity contribution in [2.75, 3.05) is 0 Å². The molecule has 0 bridgehead atoms. The first-order valence-electron chi connectivity index (χ1n) is 7.63. The zero-order valence-corrected chi connectivity index (χ0v) is 12.9. The SMILES string of the molecule is Bc1cccc(Cc2ccccc2-c2ccccc2C=C)c1. The predicted molar refractivity (Wildman–Crippen MR) is 99.4 cm³/mol. The van der Waals surface area contributed by atoms with Crippen LogP contribution in [-0.2, 0) is 6.42 Å². The molecule has 0 heterocycles. The number of benzene rings is 3. The summed E-state index contributed by atoms with van der Waals surface area (Å²) in [6.45, 7) is 3.94. The van der Waals surface area contributed by atoms with E-state index < -0.39 is 0 Å². The van der Waals surface area contributed by atoms with Gasteiger partial charge in [0.2, 0.25) is 0 Å². The van der Waals surface area contributed by atoms with E-state index in [0.29, 0.717) is 0 Å². The molecular weight excluding hydrogens is 263 g/mol. The first kappa shape index (κ1) is 14.4. The molecule has 22 heavy (non-hydrogen) atoms. The summed E-state index contributed by atoms with van der Waals surface area (Å²) in [5.41, 5.74) is 7.73. The van der Waals surface area contributed by atoms with Crippen molar-refractivity contribution in [3.63, 3.8) is 0 Å². The molecule has 3 rings (SSSR count). The van der Waals surface area contributed by atoms with Gasteiger partial charge in [0.05, 0.1) is 0 Å². The highest BCUT2D eigenvalue weighted by Gasteiger charge is 2.08. The van der Waals surface area contributed by atoms with Crippen LogP contribution in [0.4, 0.5) is 0 Å². The fourth-order valence-electron chi connectivity index (χ4n) is 2.90. The monoisotopic (exact) mass is 282 g/mol. The third-order valence-corrected chi connectivity index (χ3v) is 3.97. The molecule has 3 aromatic rings. The Bertz CT molecular complexity index is 802. The zero-order valence-electron chi connectivity index (χ0n) is 12.9. The maximum Gasteiger partial charge on any atom is 0.139 e. The quantitative estimate of drug-likeness (QED) is 0.638. The molecule has 0 unspecified atom stereocenters. The smallest absolute Gasteiger partial charge is 0.0984 e. The van der Waals surface area contributed by atoms with E-state index in [1.54, 1.807) is 0 Å². The molecule has 0 nitrogen and oxygen atoms in total. The average Bonchev–Trinajstić information content (AvgIpc) is 2.55. The predicted octanol–water partition coefficient (Wildman–Crippen LogP) is 3.85. The molecule has 0 fully saturated rings. The molecule has 0 spiro atoms. The molecule has 0 N–H and O–H groups in total. The molecule has 0 amide bonds. The van der Waals surface area contributed by atoms with Crippen molar-refractivity contribution < 1.29 is 0 Å². The van der Waals surface area contributed by atoms with Crippen molar-refractivity contribution in [1.82, 2.24) is 0 Å². The largest absolute Gasteiger partial charge is 0.139 e. The second-order valence-electron chi connectivity index (χ2n) is 5.61. The topological polar surface area (TPSA) is 0 Å². The van der Waals surface area contributed by atoms with Crippen molar-refractivity contribution >= 4 is 19.4 Å². The van der Waals surface area contributed by atoms with Crippen molar-refractivity contribution in [3.05, 3.63) is 96.1 Å². The van der Waals surface area contributed by atoms with Crippen LogP contribution in [0.2, 0.25) is 0 Å². The molecule has 0 aliphatic heterocycles. The van der Waals surface area contributed by atoms with E-state index in [0.717, 1.165) is 6.42 Å². The highest BCUT2D eigenvalue weighted by atomic mass is 14.1. The lowest BCUT2D eigenvalue weighted by Crippen LogP contribution is -2.03. The van der Waals surface area contributed by atoms with Gasteiger partial charge in [-0.25, -0.2) is 0 Å². The summed E-state index contributed by atoms with van der Waals surface area (Å²) in [7, 11) is 2.14. The first-order chi connectivity index (χ1) is 10.8. The molecule has 0 aromatic heterocycles. The van der Waals surface area contributed by atoms with Gasteiger partial charge in [-0.2, -0.15) is 0 Å². The standard InChI is InChI=1S/C21H19B/c1-2-17-9-3-5-12-20(17)21-13-6-4-10-18(21)14-16-8-7-11-19(22)15-16/h2-13,15H,1,14,22H2. The lowest BCUT2D eigenvalue weighted by atomic mass is 9.89. The Labute approximate surface area is 133 Å². The fourth-order valence-corrected chi connectivity index (χ4v) is 2.90. The van der Waals surface area contributed by atoms with Gasteiger partial charge in [-0.05, 0) is 34.2 Å². The van der Waals surface area contributed by atoms with Gasteiger partial charge < -0.3 is 0 Å². The molecule has 0 radical (unpaired) electrons. The number of hydrogen-bond acceptors (Lipinski definition) is 0. The fraction of sp³-hybridized carbons (Fsp3) is 0.0476. The van der Waals surface area contributed by atoms with E-state index in [1.807, 2.05) is 6.08 Å². The number of hydrogen-bond donors (Lipinski definition) is 0. The summed E-state index contributed by atoms with van der Waals surface area (Å²) in [5, 5.41) is 0. The molecule has 106 valence electrons. The highest BCUT2D eigenvalue weighted by Crippen LogP contribution is 2.29. The van der Waals surface area contributed by atoms with Crippen LogP contribution in [0, 0.1) is 0 Å². The Morgan fingerprint density at radius 2 is 1.55 bits per heavy atom. The Morgan fingerprint density at radius 1 is 0.818 bits per heavy atom. The van der Waals surface area contributed by atoms with Crippen molar-refractivity contribution in [2.24, 2.45) is 0 Å². The summed E-state index contributed by atoms with van der Waals surface area (Å²) in [6, 6.07) is 25.8.